The van der Waals surface area contributed by atoms with E-state index in [1.807, 2.05) is 54.6 Å². The smallest absolute Gasteiger partial charge is 0.257 e. The number of benzene rings is 2. The number of aromatic nitrogens is 2. The number of nitrogens with one attached hydrogen (secondary N) is 2. The molecule has 0 saturated heterocycles. The molecule has 1 aliphatic heterocycles. The highest BCUT2D eigenvalue weighted by atomic mass is 16.5. The maximum Gasteiger partial charge on any atom is 0.257 e. The van der Waals surface area contributed by atoms with E-state index in [0.29, 0.717) is 23.4 Å². The molecule has 0 aliphatic carbocycles. The number of aliphatic imine (C=N–C) groups is 1. The monoisotopic (exact) mass is 361 g/mol. The van der Waals surface area contributed by atoms with Crippen molar-refractivity contribution in [2.45, 2.75) is 13.1 Å². The summed E-state index contributed by atoms with van der Waals surface area (Å²) in [6.07, 6.45) is -0.514. The summed E-state index contributed by atoms with van der Waals surface area (Å²) in [6, 6.07) is 18.7. The predicted octanol–water partition coefficient (Wildman–Crippen LogP) is 3.00. The van der Waals surface area contributed by atoms with Gasteiger partial charge in [0.2, 0.25) is 11.9 Å². The van der Waals surface area contributed by atoms with Gasteiger partial charge in [0.05, 0.1) is 12.8 Å². The number of nitrogens with zero attached hydrogens (tertiary/aromatic N) is 3. The van der Waals surface area contributed by atoms with Gasteiger partial charge in [-0.25, -0.2) is 9.98 Å². The first-order chi connectivity index (χ1) is 13.2. The molecular weight excluding hydrogens is 342 g/mol. The third-order valence-electron chi connectivity index (χ3n) is 4.26. The Morgan fingerprint density at radius 3 is 2.63 bits per heavy atom. The lowest BCUT2D eigenvalue weighted by Crippen LogP contribution is -2.37. The minimum Gasteiger partial charge on any atom is -0.495 e. The van der Waals surface area contributed by atoms with Gasteiger partial charge in [0.1, 0.15) is 5.75 Å². The van der Waals surface area contributed by atoms with Crippen LogP contribution in [0.25, 0.3) is 0 Å². The Labute approximate surface area is 156 Å². The highest BCUT2D eigenvalue weighted by Crippen LogP contribution is 2.28. The molecule has 7 heteroatoms. The number of hydrogen-bond donors (Lipinski definition) is 2. The molecule has 2 heterocycles. The fourth-order valence-electron chi connectivity index (χ4n) is 3.04. The standard InChI is InChI=1S/C20H19N5O2/c1-13-12-17(26)25-18(14-8-4-3-5-9-14)23-19(24-20(25)21-13)22-15-10-6-7-11-16(15)27-2/h3-12,18H,1-2H3,(H2,21,22,23,24). The van der Waals surface area contributed by atoms with Gasteiger partial charge in [-0.15, -0.1) is 0 Å². The summed E-state index contributed by atoms with van der Waals surface area (Å²) in [5.41, 5.74) is 2.15. The number of aryl methyl sites for hydroxylation is 1. The number of hydrogen-bond acceptors (Lipinski definition) is 6. The number of ether oxygens (including phenoxy) is 1. The molecule has 4 rings (SSSR count). The topological polar surface area (TPSA) is 80.5 Å². The van der Waals surface area contributed by atoms with Crippen LogP contribution in [0.2, 0.25) is 0 Å². The van der Waals surface area contributed by atoms with Gasteiger partial charge in [-0.1, -0.05) is 42.5 Å². The van der Waals surface area contributed by atoms with Crippen molar-refractivity contribution in [1.29, 1.82) is 0 Å². The van der Waals surface area contributed by atoms with Crippen LogP contribution in [0.15, 0.2) is 70.5 Å². The number of guanidine groups is 1. The van der Waals surface area contributed by atoms with Crippen LogP contribution in [0.1, 0.15) is 17.4 Å². The van der Waals surface area contributed by atoms with Crippen molar-refractivity contribution in [3.63, 3.8) is 0 Å². The minimum atomic E-state index is -0.514. The van der Waals surface area contributed by atoms with Gasteiger partial charge < -0.3 is 10.1 Å². The molecule has 0 radical (unpaired) electrons. The largest absolute Gasteiger partial charge is 0.495 e. The van der Waals surface area contributed by atoms with Crippen molar-refractivity contribution in [2.75, 3.05) is 17.7 Å². The lowest BCUT2D eigenvalue weighted by Gasteiger charge is -2.27. The second-order valence-corrected chi connectivity index (χ2v) is 6.14. The van der Waals surface area contributed by atoms with Crippen LogP contribution in [0, 0.1) is 6.92 Å². The molecule has 0 spiro atoms. The summed E-state index contributed by atoms with van der Waals surface area (Å²) in [5, 5.41) is 6.35. The Balaban J connectivity index is 1.80. The van der Waals surface area contributed by atoms with Crippen molar-refractivity contribution in [3.05, 3.63) is 82.3 Å². The number of rotatable bonds is 3. The van der Waals surface area contributed by atoms with Crippen LogP contribution in [0.5, 0.6) is 5.75 Å². The first-order valence-electron chi connectivity index (χ1n) is 8.55. The number of anilines is 2. The second-order valence-electron chi connectivity index (χ2n) is 6.14. The Kier molecular flexibility index (Phi) is 4.33. The van der Waals surface area contributed by atoms with Crippen molar-refractivity contribution in [2.24, 2.45) is 4.99 Å². The van der Waals surface area contributed by atoms with Crippen molar-refractivity contribution in [1.82, 2.24) is 9.55 Å². The van der Waals surface area contributed by atoms with E-state index in [9.17, 15) is 4.79 Å². The summed E-state index contributed by atoms with van der Waals surface area (Å²) >= 11 is 0. The van der Waals surface area contributed by atoms with Crippen molar-refractivity contribution >= 4 is 17.6 Å². The second kappa shape index (κ2) is 6.95. The van der Waals surface area contributed by atoms with E-state index in [4.69, 9.17) is 9.73 Å². The Morgan fingerprint density at radius 2 is 1.85 bits per heavy atom. The van der Waals surface area contributed by atoms with Crippen LogP contribution in [0.4, 0.5) is 11.6 Å². The van der Waals surface area contributed by atoms with E-state index in [-0.39, 0.29) is 5.56 Å². The van der Waals surface area contributed by atoms with E-state index in [1.165, 1.54) is 6.07 Å². The molecule has 1 aromatic heterocycles. The Bertz CT molecular complexity index is 1060. The van der Waals surface area contributed by atoms with E-state index in [1.54, 1.807) is 18.6 Å². The molecule has 0 amide bonds. The Hall–Kier alpha value is -3.61. The van der Waals surface area contributed by atoms with Gasteiger partial charge in [0.15, 0.2) is 6.17 Å². The summed E-state index contributed by atoms with van der Waals surface area (Å²) in [4.78, 5) is 21.8. The molecule has 0 bridgehead atoms. The Morgan fingerprint density at radius 1 is 1.11 bits per heavy atom. The zero-order valence-corrected chi connectivity index (χ0v) is 15.0. The van der Waals surface area contributed by atoms with Crippen LogP contribution in [-0.4, -0.2) is 22.6 Å². The quantitative estimate of drug-likeness (QED) is 0.750. The van der Waals surface area contributed by atoms with Gasteiger partial charge in [-0.2, -0.15) is 0 Å². The summed E-state index contributed by atoms with van der Waals surface area (Å²) in [5.74, 6) is 1.63. The van der Waals surface area contributed by atoms with Gasteiger partial charge in [0, 0.05) is 11.8 Å². The van der Waals surface area contributed by atoms with Gasteiger partial charge in [-0.05, 0) is 24.6 Å². The van der Waals surface area contributed by atoms with Crippen LogP contribution in [-0.2, 0) is 0 Å². The normalized spacial score (nSPS) is 15.3. The van der Waals surface area contributed by atoms with Gasteiger partial charge in [-0.3, -0.25) is 14.7 Å². The van der Waals surface area contributed by atoms with E-state index in [0.717, 1.165) is 11.3 Å². The maximum atomic E-state index is 12.6. The zero-order chi connectivity index (χ0) is 18.8. The molecular formula is C20H19N5O2. The third kappa shape index (κ3) is 3.27. The maximum absolute atomic E-state index is 12.6. The first kappa shape index (κ1) is 16.8. The molecule has 0 fully saturated rings. The number of methoxy groups -OCH3 is 1. The minimum absolute atomic E-state index is 0.154. The highest BCUT2D eigenvalue weighted by Gasteiger charge is 2.25. The fourth-order valence-corrected chi connectivity index (χ4v) is 3.04. The highest BCUT2D eigenvalue weighted by molar-refractivity contribution is 6.04. The number of fused-ring (bicyclic) bond motifs is 1. The molecule has 1 aliphatic rings. The lowest BCUT2D eigenvalue weighted by molar-refractivity contribution is 0.417. The van der Waals surface area contributed by atoms with Crippen LogP contribution >= 0.6 is 0 Å². The lowest BCUT2D eigenvalue weighted by atomic mass is 10.1. The van der Waals surface area contributed by atoms with Crippen LogP contribution in [0.3, 0.4) is 0 Å². The first-order valence-corrected chi connectivity index (χ1v) is 8.55. The zero-order valence-electron chi connectivity index (χ0n) is 15.0. The molecule has 2 aromatic carbocycles. The molecule has 2 N–H and O–H groups in total. The molecule has 3 aromatic rings. The van der Waals surface area contributed by atoms with Crippen LogP contribution < -0.4 is 20.9 Å². The molecule has 0 saturated carbocycles. The molecule has 1 unspecified atom stereocenters. The van der Waals surface area contributed by atoms with E-state index >= 15 is 0 Å². The third-order valence-corrected chi connectivity index (χ3v) is 4.26. The average Bonchev–Trinajstić information content (AvgIpc) is 2.68. The average molecular weight is 361 g/mol. The van der Waals surface area contributed by atoms with Gasteiger partial charge >= 0.3 is 0 Å². The van der Waals surface area contributed by atoms with E-state index in [2.05, 4.69) is 15.6 Å². The molecule has 7 nitrogen and oxygen atoms in total. The summed E-state index contributed by atoms with van der Waals surface area (Å²) < 4.78 is 6.94. The fraction of sp³-hybridized carbons (Fsp3) is 0.150. The van der Waals surface area contributed by atoms with Gasteiger partial charge in [0.25, 0.3) is 5.56 Å². The molecule has 1 atom stereocenters. The predicted molar refractivity (Wildman–Crippen MR) is 105 cm³/mol. The van der Waals surface area contributed by atoms with Crippen molar-refractivity contribution < 1.29 is 4.74 Å². The summed E-state index contributed by atoms with van der Waals surface area (Å²) in [6.45, 7) is 1.79. The number of para-hydroxylation sites is 2. The molecule has 136 valence electrons. The van der Waals surface area contributed by atoms with Crippen molar-refractivity contribution in [3.8, 4) is 5.75 Å². The SMILES string of the molecule is COc1ccccc1NC1=NC(c2ccccc2)n2c(nc(C)cc2=O)N1. The summed E-state index contributed by atoms with van der Waals surface area (Å²) in [7, 11) is 1.61. The molecule has 27 heavy (non-hydrogen) atoms. The van der Waals surface area contributed by atoms with E-state index < -0.39 is 6.17 Å².